The van der Waals surface area contributed by atoms with Crippen LogP contribution < -0.4 is 10.2 Å². The fraction of sp³-hybridized carbons (Fsp3) is 0.429. The van der Waals surface area contributed by atoms with Crippen LogP contribution in [0.15, 0.2) is 28.7 Å². The molecule has 0 bridgehead atoms. The summed E-state index contributed by atoms with van der Waals surface area (Å²) < 4.78 is 5.60. The van der Waals surface area contributed by atoms with E-state index >= 15 is 0 Å². The maximum atomic E-state index is 5.87. The highest BCUT2D eigenvalue weighted by atomic mass is 35.5. The molecule has 0 radical (unpaired) electrons. The summed E-state index contributed by atoms with van der Waals surface area (Å²) in [7, 11) is 1.92. The van der Waals surface area contributed by atoms with Crippen molar-refractivity contribution < 1.29 is 4.42 Å². The SMILES string of the molecule is CCCNCc1nnc(N(C)Cc2ccc(Cl)cc2)o1. The first kappa shape index (κ1) is 14.8. The second kappa shape index (κ2) is 7.26. The Morgan fingerprint density at radius 3 is 2.70 bits per heavy atom. The van der Waals surface area contributed by atoms with Gasteiger partial charge in [0, 0.05) is 18.6 Å². The summed E-state index contributed by atoms with van der Waals surface area (Å²) in [5.74, 6) is 0.608. The molecule has 1 aromatic carbocycles. The van der Waals surface area contributed by atoms with Gasteiger partial charge in [0.25, 0.3) is 0 Å². The van der Waals surface area contributed by atoms with Crippen LogP contribution in [-0.2, 0) is 13.1 Å². The van der Waals surface area contributed by atoms with Crippen molar-refractivity contribution >= 4 is 17.6 Å². The highest BCUT2D eigenvalue weighted by molar-refractivity contribution is 6.30. The van der Waals surface area contributed by atoms with Gasteiger partial charge in [-0.15, -0.1) is 5.10 Å². The van der Waals surface area contributed by atoms with Gasteiger partial charge in [0.1, 0.15) is 0 Å². The first-order chi connectivity index (χ1) is 9.69. The van der Waals surface area contributed by atoms with E-state index < -0.39 is 0 Å². The number of nitrogens with zero attached hydrogens (tertiary/aromatic N) is 3. The molecule has 0 fully saturated rings. The highest BCUT2D eigenvalue weighted by Crippen LogP contribution is 2.15. The van der Waals surface area contributed by atoms with Gasteiger partial charge in [0.05, 0.1) is 6.54 Å². The van der Waals surface area contributed by atoms with Crippen molar-refractivity contribution in [2.24, 2.45) is 0 Å². The number of halogens is 1. The number of anilines is 1. The summed E-state index contributed by atoms with van der Waals surface area (Å²) in [5.41, 5.74) is 1.14. The van der Waals surface area contributed by atoms with Crippen LogP contribution in [-0.4, -0.2) is 23.8 Å². The normalized spacial score (nSPS) is 10.8. The molecular formula is C14H19ClN4O. The lowest BCUT2D eigenvalue weighted by molar-refractivity contribution is 0.465. The summed E-state index contributed by atoms with van der Waals surface area (Å²) in [6.45, 7) is 4.36. The minimum absolute atomic E-state index is 0.522. The summed E-state index contributed by atoms with van der Waals surface area (Å²) in [4.78, 5) is 1.92. The summed E-state index contributed by atoms with van der Waals surface area (Å²) >= 11 is 5.87. The van der Waals surface area contributed by atoms with Crippen LogP contribution in [0.2, 0.25) is 5.02 Å². The predicted molar refractivity (Wildman–Crippen MR) is 79.9 cm³/mol. The summed E-state index contributed by atoms with van der Waals surface area (Å²) in [6, 6.07) is 8.24. The van der Waals surface area contributed by atoms with Crippen LogP contribution in [0.1, 0.15) is 24.8 Å². The van der Waals surface area contributed by atoms with Gasteiger partial charge < -0.3 is 14.6 Å². The Morgan fingerprint density at radius 1 is 1.25 bits per heavy atom. The van der Waals surface area contributed by atoms with Crippen molar-refractivity contribution in [3.63, 3.8) is 0 Å². The molecule has 20 heavy (non-hydrogen) atoms. The molecule has 0 unspecified atom stereocenters. The molecule has 0 saturated carbocycles. The second-order valence-electron chi connectivity index (χ2n) is 4.64. The number of benzene rings is 1. The molecule has 0 saturated heterocycles. The molecule has 0 amide bonds. The van der Waals surface area contributed by atoms with Gasteiger partial charge in [0.15, 0.2) is 0 Å². The van der Waals surface area contributed by atoms with E-state index in [0.29, 0.717) is 25.0 Å². The van der Waals surface area contributed by atoms with Gasteiger partial charge in [-0.2, -0.15) is 0 Å². The minimum atomic E-state index is 0.522. The Kier molecular flexibility index (Phi) is 5.38. The molecule has 1 heterocycles. The van der Waals surface area contributed by atoms with Crippen molar-refractivity contribution in [3.05, 3.63) is 40.7 Å². The Balaban J connectivity index is 1.91. The Labute approximate surface area is 123 Å². The molecule has 0 aliphatic carbocycles. The van der Waals surface area contributed by atoms with E-state index in [9.17, 15) is 0 Å². The average molecular weight is 295 g/mol. The zero-order valence-corrected chi connectivity index (χ0v) is 12.5. The third-order valence-corrected chi connectivity index (χ3v) is 3.07. The molecule has 6 heteroatoms. The first-order valence-electron chi connectivity index (χ1n) is 6.67. The second-order valence-corrected chi connectivity index (χ2v) is 5.07. The van der Waals surface area contributed by atoms with Crippen molar-refractivity contribution in [2.45, 2.75) is 26.4 Å². The maximum absolute atomic E-state index is 5.87. The zero-order chi connectivity index (χ0) is 14.4. The van der Waals surface area contributed by atoms with E-state index in [0.717, 1.165) is 23.6 Å². The van der Waals surface area contributed by atoms with Crippen LogP contribution in [0.5, 0.6) is 0 Å². The number of aromatic nitrogens is 2. The fourth-order valence-corrected chi connectivity index (χ4v) is 1.90. The van der Waals surface area contributed by atoms with Crippen molar-refractivity contribution in [2.75, 3.05) is 18.5 Å². The zero-order valence-electron chi connectivity index (χ0n) is 11.8. The van der Waals surface area contributed by atoms with E-state index in [1.165, 1.54) is 0 Å². The largest absolute Gasteiger partial charge is 0.407 e. The summed E-state index contributed by atoms with van der Waals surface area (Å²) in [5, 5.41) is 12.0. The lowest BCUT2D eigenvalue weighted by Gasteiger charge is -2.13. The molecule has 1 aromatic heterocycles. The third-order valence-electron chi connectivity index (χ3n) is 2.82. The van der Waals surface area contributed by atoms with E-state index in [2.05, 4.69) is 22.4 Å². The van der Waals surface area contributed by atoms with Crippen LogP contribution >= 0.6 is 11.6 Å². The smallest absolute Gasteiger partial charge is 0.318 e. The molecule has 2 aromatic rings. The topological polar surface area (TPSA) is 54.2 Å². The lowest BCUT2D eigenvalue weighted by Crippen LogP contribution is -2.16. The van der Waals surface area contributed by atoms with Crippen LogP contribution in [0.25, 0.3) is 0 Å². The van der Waals surface area contributed by atoms with E-state index in [4.69, 9.17) is 16.0 Å². The Morgan fingerprint density at radius 2 is 2.00 bits per heavy atom. The van der Waals surface area contributed by atoms with Crippen molar-refractivity contribution in [1.29, 1.82) is 0 Å². The van der Waals surface area contributed by atoms with Gasteiger partial charge in [-0.25, -0.2) is 0 Å². The molecule has 5 nitrogen and oxygen atoms in total. The van der Waals surface area contributed by atoms with Crippen LogP contribution in [0.3, 0.4) is 0 Å². The third kappa shape index (κ3) is 4.21. The Bertz CT molecular complexity index is 526. The number of rotatable bonds is 7. The van der Waals surface area contributed by atoms with Crippen molar-refractivity contribution in [1.82, 2.24) is 15.5 Å². The van der Waals surface area contributed by atoms with Gasteiger partial charge in [-0.3, -0.25) is 0 Å². The molecule has 0 atom stereocenters. The molecule has 0 aliphatic heterocycles. The van der Waals surface area contributed by atoms with Crippen LogP contribution in [0, 0.1) is 0 Å². The van der Waals surface area contributed by atoms with Gasteiger partial charge in [-0.1, -0.05) is 35.8 Å². The number of nitrogens with one attached hydrogen (secondary N) is 1. The number of hydrogen-bond acceptors (Lipinski definition) is 5. The quantitative estimate of drug-likeness (QED) is 0.796. The predicted octanol–water partition coefficient (Wildman–Crippen LogP) is 2.86. The monoisotopic (exact) mass is 294 g/mol. The minimum Gasteiger partial charge on any atom is -0.407 e. The maximum Gasteiger partial charge on any atom is 0.318 e. The average Bonchev–Trinajstić information content (AvgIpc) is 2.91. The molecule has 108 valence electrons. The highest BCUT2D eigenvalue weighted by Gasteiger charge is 2.10. The molecule has 1 N–H and O–H groups in total. The molecule has 0 aliphatic rings. The van der Waals surface area contributed by atoms with Gasteiger partial charge in [0.2, 0.25) is 5.89 Å². The van der Waals surface area contributed by atoms with Gasteiger partial charge >= 0.3 is 6.01 Å². The van der Waals surface area contributed by atoms with E-state index in [-0.39, 0.29) is 0 Å². The molecule has 2 rings (SSSR count). The molecule has 0 spiro atoms. The fourth-order valence-electron chi connectivity index (χ4n) is 1.77. The van der Waals surface area contributed by atoms with Crippen LogP contribution in [0.4, 0.5) is 6.01 Å². The van der Waals surface area contributed by atoms with E-state index in [1.54, 1.807) is 0 Å². The van der Waals surface area contributed by atoms with Gasteiger partial charge in [-0.05, 0) is 30.7 Å². The number of hydrogen-bond donors (Lipinski definition) is 1. The van der Waals surface area contributed by atoms with E-state index in [1.807, 2.05) is 36.2 Å². The summed E-state index contributed by atoms with van der Waals surface area (Å²) in [6.07, 6.45) is 1.08. The standard InChI is InChI=1S/C14H19ClN4O/c1-3-8-16-9-13-17-18-14(20-13)19(2)10-11-4-6-12(15)7-5-11/h4-7,16H,3,8-10H2,1-2H3. The van der Waals surface area contributed by atoms with Crippen molar-refractivity contribution in [3.8, 4) is 0 Å². The first-order valence-corrected chi connectivity index (χ1v) is 7.05. The Hall–Kier alpha value is -1.59. The lowest BCUT2D eigenvalue weighted by atomic mass is 10.2. The molecular weight excluding hydrogens is 276 g/mol.